The van der Waals surface area contributed by atoms with Crippen LogP contribution in [0.1, 0.15) is 85.5 Å². The Morgan fingerprint density at radius 1 is 0.755 bits per heavy atom. The maximum atomic E-state index is 12.6. The Kier molecular flexibility index (Phi) is 14.8. The number of hydrogen-bond donors (Lipinski definition) is 1. The van der Waals surface area contributed by atoms with Crippen LogP contribution in [0, 0.1) is 23.7 Å². The Labute approximate surface area is 290 Å². The van der Waals surface area contributed by atoms with Gasteiger partial charge in [0.15, 0.2) is 0 Å². The van der Waals surface area contributed by atoms with Gasteiger partial charge in [0.05, 0.1) is 25.5 Å². The first-order chi connectivity index (χ1) is 23.2. The Morgan fingerprint density at radius 3 is 1.55 bits per heavy atom. The number of nitrogens with zero attached hydrogens (tertiary/aromatic N) is 7. The van der Waals surface area contributed by atoms with Crippen LogP contribution in [-0.4, -0.2) is 115 Å². The average molecular weight is 675 g/mol. The van der Waals surface area contributed by atoms with Gasteiger partial charge in [0.1, 0.15) is 22.6 Å². The first-order valence-electron chi connectivity index (χ1n) is 16.7. The van der Waals surface area contributed by atoms with E-state index in [0.717, 1.165) is 25.9 Å². The third kappa shape index (κ3) is 14.5. The number of carbonyl (C=O) groups excluding carboxylic acids is 3. The van der Waals surface area contributed by atoms with Gasteiger partial charge in [-0.2, -0.15) is 0 Å². The summed E-state index contributed by atoms with van der Waals surface area (Å²) in [4.78, 5) is 58.0. The molecule has 0 radical (unpaired) electrons. The van der Waals surface area contributed by atoms with Crippen LogP contribution in [0.4, 0.5) is 9.59 Å². The fourth-order valence-electron chi connectivity index (χ4n) is 5.10. The summed E-state index contributed by atoms with van der Waals surface area (Å²) in [5, 5.41) is 3.31. The molecule has 0 aliphatic carbocycles. The Hall–Kier alpha value is -4.75. The summed E-state index contributed by atoms with van der Waals surface area (Å²) in [6.07, 6.45) is 12.1. The van der Waals surface area contributed by atoms with Crippen molar-refractivity contribution in [2.75, 3.05) is 39.3 Å². The van der Waals surface area contributed by atoms with E-state index in [9.17, 15) is 14.4 Å². The van der Waals surface area contributed by atoms with Crippen LogP contribution < -0.4 is 5.32 Å². The van der Waals surface area contributed by atoms with E-state index in [4.69, 9.17) is 9.47 Å². The minimum absolute atomic E-state index is 0.00314. The van der Waals surface area contributed by atoms with Crippen molar-refractivity contribution >= 4 is 18.1 Å². The van der Waals surface area contributed by atoms with Crippen LogP contribution >= 0.6 is 0 Å². The molecule has 0 aromatic carbocycles. The zero-order chi connectivity index (χ0) is 35.9. The molecular weight excluding hydrogens is 624 g/mol. The number of hydrogen-bond acceptors (Lipinski definition) is 10. The number of likely N-dealkylation sites (tertiary alicyclic amines) is 1. The molecular formula is C36H50N8O5. The number of nitrogens with one attached hydrogen (secondary N) is 1. The smallest absolute Gasteiger partial charge is 0.411 e. The maximum Gasteiger partial charge on any atom is 0.411 e. The van der Waals surface area contributed by atoms with Crippen molar-refractivity contribution in [3.63, 3.8) is 0 Å². The van der Waals surface area contributed by atoms with Crippen molar-refractivity contribution in [2.45, 2.75) is 97.4 Å². The first-order valence-corrected chi connectivity index (χ1v) is 16.7. The lowest BCUT2D eigenvalue weighted by Crippen LogP contribution is -2.49. The van der Waals surface area contributed by atoms with Gasteiger partial charge in [-0.1, -0.05) is 11.8 Å². The monoisotopic (exact) mass is 674 g/mol. The largest absolute Gasteiger partial charge is 0.444 e. The third-order valence-electron chi connectivity index (χ3n) is 7.41. The molecule has 2 aliphatic heterocycles. The van der Waals surface area contributed by atoms with Crippen LogP contribution in [0.3, 0.4) is 0 Å². The van der Waals surface area contributed by atoms with Crippen molar-refractivity contribution < 1.29 is 23.9 Å². The summed E-state index contributed by atoms with van der Waals surface area (Å²) in [5.41, 5.74) is 0.0684. The number of amides is 3. The topological polar surface area (TPSA) is 143 Å². The van der Waals surface area contributed by atoms with Crippen molar-refractivity contribution in [1.82, 2.24) is 40.0 Å². The molecule has 0 saturated carbocycles. The van der Waals surface area contributed by atoms with Gasteiger partial charge in [-0.15, -0.1) is 0 Å². The fourth-order valence-corrected chi connectivity index (χ4v) is 5.10. The van der Waals surface area contributed by atoms with Gasteiger partial charge in [-0.05, 0) is 92.2 Å². The lowest BCUT2D eigenvalue weighted by Gasteiger charge is -2.38. The zero-order valence-corrected chi connectivity index (χ0v) is 29.9. The van der Waals surface area contributed by atoms with E-state index in [1.54, 1.807) is 58.8 Å². The molecule has 0 atom stereocenters. The fraction of sp³-hybridized carbons (Fsp3) is 0.583. The Bertz CT molecular complexity index is 1470. The van der Waals surface area contributed by atoms with Crippen LogP contribution in [-0.2, 0) is 14.3 Å². The molecule has 13 nitrogen and oxygen atoms in total. The van der Waals surface area contributed by atoms with Crippen molar-refractivity contribution in [2.24, 2.45) is 0 Å². The number of piperidine rings is 2. The maximum absolute atomic E-state index is 12.6. The molecule has 2 aromatic rings. The molecule has 49 heavy (non-hydrogen) atoms. The molecule has 2 saturated heterocycles. The number of ether oxygens (including phenoxy) is 2. The third-order valence-corrected chi connectivity index (χ3v) is 7.41. The van der Waals surface area contributed by atoms with Gasteiger partial charge in [0.25, 0.3) is 0 Å². The Balaban J connectivity index is 0.000000267. The standard InChI is InChI=1S/C19H26N4O3.C17H24N4O2/c1-15(24)22-12-7-17(8-13-22)23(18(25)26-19(2,3)4)11-5-6-16-14-20-9-10-21-16;1-17(2,3)23-16(22)21(15-6-8-18-9-7-15)12-4-5-14-13-19-10-11-20-14/h9-10,14,17H,7-8,11-13H2,1-4H3;10-11,13,15,18H,6-9,12H2,1-3H3. The molecule has 2 aromatic heterocycles. The molecule has 1 N–H and O–H groups in total. The van der Waals surface area contributed by atoms with E-state index in [1.807, 2.05) is 41.5 Å². The Morgan fingerprint density at radius 2 is 1.18 bits per heavy atom. The van der Waals surface area contributed by atoms with Gasteiger partial charge in [0, 0.05) is 56.9 Å². The highest BCUT2D eigenvalue weighted by Crippen LogP contribution is 2.20. The highest BCUT2D eigenvalue weighted by atomic mass is 16.6. The van der Waals surface area contributed by atoms with Gasteiger partial charge < -0.3 is 19.7 Å². The molecule has 2 aliphatic rings. The molecule has 2 fully saturated rings. The second kappa shape index (κ2) is 18.7. The van der Waals surface area contributed by atoms with E-state index in [-0.39, 0.29) is 36.7 Å². The summed E-state index contributed by atoms with van der Waals surface area (Å²) in [7, 11) is 0. The highest BCUT2D eigenvalue weighted by molar-refractivity contribution is 5.73. The molecule has 0 unspecified atom stereocenters. The van der Waals surface area contributed by atoms with Gasteiger partial charge >= 0.3 is 12.2 Å². The number of rotatable bonds is 4. The van der Waals surface area contributed by atoms with Gasteiger partial charge in [-0.3, -0.25) is 24.6 Å². The van der Waals surface area contributed by atoms with E-state index in [2.05, 4.69) is 48.9 Å². The van der Waals surface area contributed by atoms with E-state index in [0.29, 0.717) is 43.9 Å². The number of aromatic nitrogens is 4. The van der Waals surface area contributed by atoms with Crippen molar-refractivity contribution in [3.05, 3.63) is 48.6 Å². The lowest BCUT2D eigenvalue weighted by atomic mass is 10.0. The molecule has 264 valence electrons. The van der Waals surface area contributed by atoms with Gasteiger partial charge in [-0.25, -0.2) is 19.6 Å². The van der Waals surface area contributed by atoms with Crippen LogP contribution in [0.15, 0.2) is 37.2 Å². The second-order valence-corrected chi connectivity index (χ2v) is 13.7. The highest BCUT2D eigenvalue weighted by Gasteiger charge is 2.31. The predicted molar refractivity (Wildman–Crippen MR) is 185 cm³/mol. The molecule has 3 amide bonds. The van der Waals surface area contributed by atoms with E-state index < -0.39 is 11.2 Å². The zero-order valence-electron chi connectivity index (χ0n) is 29.9. The minimum Gasteiger partial charge on any atom is -0.444 e. The van der Waals surface area contributed by atoms with Crippen molar-refractivity contribution in [3.8, 4) is 23.7 Å². The van der Waals surface area contributed by atoms with Crippen LogP contribution in [0.2, 0.25) is 0 Å². The average Bonchev–Trinajstić information content (AvgIpc) is 3.05. The van der Waals surface area contributed by atoms with Gasteiger partial charge in [0.2, 0.25) is 5.91 Å². The summed E-state index contributed by atoms with van der Waals surface area (Å²) in [6, 6.07) is 0.152. The second-order valence-electron chi connectivity index (χ2n) is 13.7. The number of carbonyl (C=O) groups is 3. The lowest BCUT2D eigenvalue weighted by molar-refractivity contribution is -0.130. The van der Waals surface area contributed by atoms with Crippen LogP contribution in [0.25, 0.3) is 0 Å². The minimum atomic E-state index is -0.576. The van der Waals surface area contributed by atoms with E-state index in [1.165, 1.54) is 0 Å². The summed E-state index contributed by atoms with van der Waals surface area (Å²) in [5.74, 6) is 11.9. The van der Waals surface area contributed by atoms with Crippen LogP contribution in [0.5, 0.6) is 0 Å². The normalized spacial score (nSPS) is 15.2. The first kappa shape index (κ1) is 38.7. The van der Waals surface area contributed by atoms with E-state index >= 15 is 0 Å². The summed E-state index contributed by atoms with van der Waals surface area (Å²) >= 11 is 0. The summed E-state index contributed by atoms with van der Waals surface area (Å²) in [6.45, 7) is 16.4. The molecule has 0 spiro atoms. The summed E-state index contributed by atoms with van der Waals surface area (Å²) < 4.78 is 11.1. The predicted octanol–water partition coefficient (Wildman–Crippen LogP) is 3.89. The molecule has 4 rings (SSSR count). The quantitative estimate of drug-likeness (QED) is 0.475. The molecule has 13 heteroatoms. The van der Waals surface area contributed by atoms with Crippen molar-refractivity contribution in [1.29, 1.82) is 0 Å². The molecule has 4 heterocycles. The SMILES string of the molecule is CC(=O)N1CCC(N(CC#Cc2cnccn2)C(=O)OC(C)(C)C)CC1.CC(C)(C)OC(=O)N(CC#Cc1cnccn1)C1CCNCC1. The molecule has 0 bridgehead atoms.